The molecule has 2 heterocycles. The minimum atomic E-state index is -0.346. The summed E-state index contributed by atoms with van der Waals surface area (Å²) in [6, 6.07) is 15.4. The molecule has 0 aliphatic heterocycles. The maximum absolute atomic E-state index is 13.3. The first-order valence-corrected chi connectivity index (χ1v) is 8.24. The van der Waals surface area contributed by atoms with Crippen molar-refractivity contribution in [3.05, 3.63) is 65.4 Å². The number of carbonyl (C=O) groups excluding carboxylic acids is 1. The van der Waals surface area contributed by atoms with E-state index in [9.17, 15) is 9.18 Å². The van der Waals surface area contributed by atoms with Crippen LogP contribution >= 0.6 is 11.6 Å². The lowest BCUT2D eigenvalue weighted by Crippen LogP contribution is -2.03. The van der Waals surface area contributed by atoms with Crippen molar-refractivity contribution < 1.29 is 9.18 Å². The molecule has 0 N–H and O–H groups in total. The number of benzene rings is 2. The zero-order valence-electron chi connectivity index (χ0n) is 13.4. The second-order valence-electron chi connectivity index (χ2n) is 5.63. The van der Waals surface area contributed by atoms with Crippen LogP contribution in [0.4, 0.5) is 4.39 Å². The summed E-state index contributed by atoms with van der Waals surface area (Å²) in [6.07, 6.45) is 0.724. The average molecular weight is 367 g/mol. The van der Waals surface area contributed by atoms with Gasteiger partial charge >= 0.3 is 0 Å². The molecule has 2 aromatic heterocycles. The highest BCUT2D eigenvalue weighted by Gasteiger charge is 2.20. The first kappa shape index (κ1) is 16.4. The summed E-state index contributed by atoms with van der Waals surface area (Å²) in [6.45, 7) is 0.0212. The van der Waals surface area contributed by atoms with Gasteiger partial charge in [-0.2, -0.15) is 5.10 Å². The molecule has 128 valence electrons. The van der Waals surface area contributed by atoms with E-state index in [4.69, 9.17) is 11.6 Å². The molecule has 0 aliphatic rings. The highest BCUT2D eigenvalue weighted by atomic mass is 35.5. The number of rotatable bonds is 4. The van der Waals surface area contributed by atoms with Crippen LogP contribution < -0.4 is 0 Å². The van der Waals surface area contributed by atoms with Crippen molar-refractivity contribution in [2.45, 2.75) is 6.54 Å². The van der Waals surface area contributed by atoms with Crippen molar-refractivity contribution in [1.82, 2.24) is 20.0 Å². The second-order valence-corrected chi connectivity index (χ2v) is 6.01. The van der Waals surface area contributed by atoms with Crippen LogP contribution in [-0.4, -0.2) is 26.3 Å². The van der Waals surface area contributed by atoms with Crippen LogP contribution in [0.5, 0.6) is 0 Å². The van der Waals surface area contributed by atoms with Crippen LogP contribution in [0.1, 0.15) is 0 Å². The Kier molecular flexibility index (Phi) is 4.18. The van der Waals surface area contributed by atoms with Gasteiger partial charge in [-0.15, -0.1) is 10.2 Å². The van der Waals surface area contributed by atoms with Crippen LogP contribution in [-0.2, 0) is 11.3 Å². The Morgan fingerprint density at radius 1 is 0.962 bits per heavy atom. The highest BCUT2D eigenvalue weighted by Crippen LogP contribution is 2.37. The molecule has 0 saturated carbocycles. The average Bonchev–Trinajstić information content (AvgIpc) is 3.03. The first-order valence-electron chi connectivity index (χ1n) is 7.86. The van der Waals surface area contributed by atoms with Crippen molar-refractivity contribution in [3.8, 4) is 22.5 Å². The van der Waals surface area contributed by atoms with Crippen LogP contribution in [0, 0.1) is 5.82 Å². The quantitative estimate of drug-likeness (QED) is 0.509. The molecule has 0 bridgehead atoms. The summed E-state index contributed by atoms with van der Waals surface area (Å²) in [5.74, 6) is -0.346. The molecule has 26 heavy (non-hydrogen) atoms. The zero-order chi connectivity index (χ0) is 18.1. The number of nitrogens with zero attached hydrogens (tertiary/aromatic N) is 4. The molecule has 0 aliphatic carbocycles. The van der Waals surface area contributed by atoms with Gasteiger partial charge in [0.1, 0.15) is 23.5 Å². The highest BCUT2D eigenvalue weighted by molar-refractivity contribution is 6.38. The summed E-state index contributed by atoms with van der Waals surface area (Å²) >= 11 is 6.66. The predicted octanol–water partition coefficient (Wildman–Crippen LogP) is 4.15. The molecule has 0 radical (unpaired) electrons. The molecule has 4 rings (SSSR count). The lowest BCUT2D eigenvalue weighted by atomic mass is 10.1. The van der Waals surface area contributed by atoms with Crippen LogP contribution in [0.15, 0.2) is 54.6 Å². The Bertz CT molecular complexity index is 1090. The Balaban J connectivity index is 2.01. The van der Waals surface area contributed by atoms with E-state index in [1.54, 1.807) is 12.1 Å². The van der Waals surface area contributed by atoms with E-state index in [-0.39, 0.29) is 12.4 Å². The van der Waals surface area contributed by atoms with Crippen molar-refractivity contribution >= 4 is 28.9 Å². The van der Waals surface area contributed by atoms with E-state index in [2.05, 4.69) is 15.3 Å². The lowest BCUT2D eigenvalue weighted by Gasteiger charge is -2.05. The minimum absolute atomic E-state index is 0.0212. The molecule has 5 nitrogen and oxygen atoms in total. The van der Waals surface area contributed by atoms with E-state index in [1.807, 2.05) is 30.3 Å². The molecule has 7 heteroatoms. The van der Waals surface area contributed by atoms with Gasteiger partial charge in [-0.05, 0) is 24.3 Å². The lowest BCUT2D eigenvalue weighted by molar-refractivity contribution is -0.108. The van der Waals surface area contributed by atoms with E-state index in [0.717, 1.165) is 11.8 Å². The smallest absolute Gasteiger partial charge is 0.183 e. The summed E-state index contributed by atoms with van der Waals surface area (Å²) < 4.78 is 14.7. The Morgan fingerprint density at radius 3 is 2.35 bits per heavy atom. The SMILES string of the molecule is O=CCn1nc(-c2ccc(F)cc2)c2c(Cl)c(-c3ccccc3)nnc21. The van der Waals surface area contributed by atoms with Gasteiger partial charge < -0.3 is 4.79 Å². The molecule has 4 aromatic rings. The van der Waals surface area contributed by atoms with E-state index in [1.165, 1.54) is 16.8 Å². The maximum atomic E-state index is 13.3. The van der Waals surface area contributed by atoms with Gasteiger partial charge in [-0.1, -0.05) is 41.9 Å². The number of carbonyl (C=O) groups is 1. The monoisotopic (exact) mass is 366 g/mol. The van der Waals surface area contributed by atoms with Crippen LogP contribution in [0.25, 0.3) is 33.5 Å². The third-order valence-electron chi connectivity index (χ3n) is 4.01. The molecular formula is C19H12ClFN4O. The van der Waals surface area contributed by atoms with Gasteiger partial charge in [-0.25, -0.2) is 9.07 Å². The number of aromatic nitrogens is 4. The number of aldehydes is 1. The molecular weight excluding hydrogens is 355 g/mol. The van der Waals surface area contributed by atoms with Crippen molar-refractivity contribution in [1.29, 1.82) is 0 Å². The largest absolute Gasteiger partial charge is 0.301 e. The predicted molar refractivity (Wildman–Crippen MR) is 97.2 cm³/mol. The van der Waals surface area contributed by atoms with Gasteiger partial charge in [-0.3, -0.25) is 0 Å². The van der Waals surface area contributed by atoms with E-state index >= 15 is 0 Å². The van der Waals surface area contributed by atoms with Crippen molar-refractivity contribution in [3.63, 3.8) is 0 Å². The summed E-state index contributed by atoms with van der Waals surface area (Å²) in [5, 5.41) is 13.9. The molecule has 0 saturated heterocycles. The normalized spacial score (nSPS) is 11.0. The van der Waals surface area contributed by atoms with Gasteiger partial charge in [0.25, 0.3) is 0 Å². The fourth-order valence-electron chi connectivity index (χ4n) is 2.80. The molecule has 0 amide bonds. The molecule has 0 atom stereocenters. The third kappa shape index (κ3) is 2.74. The number of hydrogen-bond donors (Lipinski definition) is 0. The Morgan fingerprint density at radius 2 is 1.65 bits per heavy atom. The van der Waals surface area contributed by atoms with E-state index in [0.29, 0.717) is 33.0 Å². The second kappa shape index (κ2) is 6.65. The fourth-order valence-corrected chi connectivity index (χ4v) is 3.13. The summed E-state index contributed by atoms with van der Waals surface area (Å²) in [7, 11) is 0. The zero-order valence-corrected chi connectivity index (χ0v) is 14.2. The fraction of sp³-hybridized carbons (Fsp3) is 0.0526. The van der Waals surface area contributed by atoms with Gasteiger partial charge in [0.15, 0.2) is 5.65 Å². The van der Waals surface area contributed by atoms with Gasteiger partial charge in [0, 0.05) is 11.1 Å². The van der Waals surface area contributed by atoms with Gasteiger partial charge in [0.2, 0.25) is 0 Å². The molecule has 0 spiro atoms. The van der Waals surface area contributed by atoms with E-state index < -0.39 is 0 Å². The minimum Gasteiger partial charge on any atom is -0.301 e. The van der Waals surface area contributed by atoms with Crippen molar-refractivity contribution in [2.75, 3.05) is 0 Å². The first-order chi connectivity index (χ1) is 12.7. The Labute approximate surface area is 153 Å². The number of fused-ring (bicyclic) bond motifs is 1. The maximum Gasteiger partial charge on any atom is 0.183 e. The van der Waals surface area contributed by atoms with Gasteiger partial charge in [0.05, 0.1) is 17.0 Å². The molecule has 2 aromatic carbocycles. The number of hydrogen-bond acceptors (Lipinski definition) is 4. The molecule has 0 fully saturated rings. The standard InChI is InChI=1S/C19H12ClFN4O/c20-16-15-17(13-6-8-14(21)9-7-13)24-25(10-11-26)19(15)23-22-18(16)12-4-2-1-3-5-12/h1-9,11H,10H2. The number of halogens is 2. The Hall–Kier alpha value is -3.12. The summed E-state index contributed by atoms with van der Waals surface area (Å²) in [5.41, 5.74) is 2.95. The van der Waals surface area contributed by atoms with Crippen molar-refractivity contribution in [2.24, 2.45) is 0 Å². The summed E-state index contributed by atoms with van der Waals surface area (Å²) in [4.78, 5) is 11.0. The molecule has 0 unspecified atom stereocenters. The van der Waals surface area contributed by atoms with Crippen LogP contribution in [0.2, 0.25) is 5.02 Å². The van der Waals surface area contributed by atoms with Crippen LogP contribution in [0.3, 0.4) is 0 Å². The third-order valence-corrected chi connectivity index (χ3v) is 4.38. The topological polar surface area (TPSA) is 60.7 Å².